The Labute approximate surface area is 97.4 Å². The van der Waals surface area contributed by atoms with Crippen molar-refractivity contribution in [2.24, 2.45) is 17.3 Å². The fourth-order valence-electron chi connectivity index (χ4n) is 3.19. The maximum atomic E-state index is 11.8. The molecule has 0 N–H and O–H groups in total. The van der Waals surface area contributed by atoms with Crippen molar-refractivity contribution < 1.29 is 9.53 Å². The summed E-state index contributed by atoms with van der Waals surface area (Å²) in [6.07, 6.45) is 8.67. The van der Waals surface area contributed by atoms with Crippen LogP contribution in [0.25, 0.3) is 0 Å². The van der Waals surface area contributed by atoms with E-state index in [1.807, 2.05) is 0 Å². The molecular formula is C14H20O2. The number of carbonyl (C=O) groups excluding carboxylic acids is 1. The van der Waals surface area contributed by atoms with Gasteiger partial charge in [-0.25, -0.2) is 0 Å². The van der Waals surface area contributed by atoms with Crippen LogP contribution in [-0.2, 0) is 9.53 Å². The summed E-state index contributed by atoms with van der Waals surface area (Å²) < 4.78 is 4.92. The maximum Gasteiger partial charge on any atom is 0.309 e. The standard InChI is InChI=1S/C14H20O2/c1-10(2)4-6-14-7-5-11(9-14)8-12(14)13(15)16-3/h5,7,11-12H,1,4,6,8-9H2,2-3H3. The minimum atomic E-state index is -0.0337. The SMILES string of the molecule is C=C(C)CCC12C=CC(CC1C(=O)OC)C2. The number of hydrogen-bond acceptors (Lipinski definition) is 2. The first-order valence-corrected chi connectivity index (χ1v) is 5.99. The smallest absolute Gasteiger partial charge is 0.309 e. The van der Waals surface area contributed by atoms with Crippen LogP contribution in [0.1, 0.15) is 32.6 Å². The Kier molecular flexibility index (Phi) is 2.92. The van der Waals surface area contributed by atoms with Gasteiger partial charge in [0.05, 0.1) is 13.0 Å². The second kappa shape index (κ2) is 4.08. The van der Waals surface area contributed by atoms with Crippen molar-refractivity contribution in [2.45, 2.75) is 32.6 Å². The highest BCUT2D eigenvalue weighted by atomic mass is 16.5. The van der Waals surface area contributed by atoms with Crippen LogP contribution in [0.15, 0.2) is 24.3 Å². The van der Waals surface area contributed by atoms with Gasteiger partial charge in [-0.2, -0.15) is 0 Å². The van der Waals surface area contributed by atoms with Crippen molar-refractivity contribution in [3.05, 3.63) is 24.3 Å². The summed E-state index contributed by atoms with van der Waals surface area (Å²) in [5.74, 6) is 0.634. The number of carbonyl (C=O) groups is 1. The average molecular weight is 220 g/mol. The van der Waals surface area contributed by atoms with E-state index in [1.165, 1.54) is 12.7 Å². The van der Waals surface area contributed by atoms with Gasteiger partial charge in [0.25, 0.3) is 0 Å². The molecule has 2 nitrogen and oxygen atoms in total. The highest BCUT2D eigenvalue weighted by Gasteiger charge is 2.51. The van der Waals surface area contributed by atoms with Crippen LogP contribution in [-0.4, -0.2) is 13.1 Å². The lowest BCUT2D eigenvalue weighted by Crippen LogP contribution is -2.30. The fraction of sp³-hybridized carbons (Fsp3) is 0.643. The van der Waals surface area contributed by atoms with E-state index in [-0.39, 0.29) is 17.3 Å². The Balaban J connectivity index is 2.12. The van der Waals surface area contributed by atoms with Crippen molar-refractivity contribution in [3.63, 3.8) is 0 Å². The molecule has 0 aliphatic heterocycles. The monoisotopic (exact) mass is 220 g/mol. The molecule has 0 aromatic heterocycles. The van der Waals surface area contributed by atoms with Crippen molar-refractivity contribution in [1.82, 2.24) is 0 Å². The summed E-state index contributed by atoms with van der Waals surface area (Å²) in [6.45, 7) is 6.00. The second-order valence-electron chi connectivity index (χ2n) is 5.33. The van der Waals surface area contributed by atoms with Gasteiger partial charge < -0.3 is 4.74 Å². The minimum Gasteiger partial charge on any atom is -0.469 e. The van der Waals surface area contributed by atoms with Crippen LogP contribution < -0.4 is 0 Å². The summed E-state index contributed by atoms with van der Waals surface area (Å²) in [5.41, 5.74) is 1.26. The molecule has 2 aliphatic rings. The third kappa shape index (κ3) is 1.81. The molecule has 88 valence electrons. The Hall–Kier alpha value is -1.05. The zero-order valence-electron chi connectivity index (χ0n) is 10.2. The van der Waals surface area contributed by atoms with E-state index in [0.29, 0.717) is 5.92 Å². The molecule has 0 aromatic rings. The lowest BCUT2D eigenvalue weighted by Gasteiger charge is -2.30. The van der Waals surface area contributed by atoms with Crippen LogP contribution in [0.2, 0.25) is 0 Å². The molecule has 0 radical (unpaired) electrons. The van der Waals surface area contributed by atoms with Crippen LogP contribution in [0.5, 0.6) is 0 Å². The molecule has 3 unspecified atom stereocenters. The van der Waals surface area contributed by atoms with Gasteiger partial charge in [-0.05, 0) is 38.5 Å². The third-order valence-electron chi connectivity index (χ3n) is 4.08. The van der Waals surface area contributed by atoms with Crippen LogP contribution in [0.3, 0.4) is 0 Å². The van der Waals surface area contributed by atoms with Gasteiger partial charge in [0.1, 0.15) is 0 Å². The molecule has 1 fully saturated rings. The van der Waals surface area contributed by atoms with Crippen molar-refractivity contribution >= 4 is 5.97 Å². The van der Waals surface area contributed by atoms with Gasteiger partial charge in [0, 0.05) is 5.41 Å². The molecule has 2 heteroatoms. The Morgan fingerprint density at radius 2 is 2.38 bits per heavy atom. The number of esters is 1. The third-order valence-corrected chi connectivity index (χ3v) is 4.08. The number of ether oxygens (including phenoxy) is 1. The number of rotatable bonds is 4. The molecule has 0 saturated heterocycles. The molecule has 2 bridgehead atoms. The first-order chi connectivity index (χ1) is 7.57. The van der Waals surface area contributed by atoms with Gasteiger partial charge >= 0.3 is 5.97 Å². The highest BCUT2D eigenvalue weighted by Crippen LogP contribution is 2.56. The average Bonchev–Trinajstić information content (AvgIpc) is 2.83. The summed E-state index contributed by atoms with van der Waals surface area (Å²) in [7, 11) is 1.49. The molecule has 1 saturated carbocycles. The zero-order chi connectivity index (χ0) is 11.8. The topological polar surface area (TPSA) is 26.3 Å². The van der Waals surface area contributed by atoms with E-state index in [2.05, 4.69) is 25.7 Å². The van der Waals surface area contributed by atoms with Crippen LogP contribution >= 0.6 is 0 Å². The molecule has 16 heavy (non-hydrogen) atoms. The first-order valence-electron chi connectivity index (χ1n) is 5.99. The summed E-state index contributed by atoms with van der Waals surface area (Å²) >= 11 is 0. The van der Waals surface area contributed by atoms with Crippen LogP contribution in [0, 0.1) is 17.3 Å². The number of fused-ring (bicyclic) bond motifs is 2. The summed E-state index contributed by atoms with van der Waals surface area (Å²) in [5, 5.41) is 0. The van der Waals surface area contributed by atoms with E-state index in [4.69, 9.17) is 4.74 Å². The number of allylic oxidation sites excluding steroid dienone is 3. The Bertz CT molecular complexity index is 343. The van der Waals surface area contributed by atoms with Gasteiger partial charge in [-0.15, -0.1) is 6.58 Å². The number of hydrogen-bond donors (Lipinski definition) is 0. The zero-order valence-corrected chi connectivity index (χ0v) is 10.2. The van der Waals surface area contributed by atoms with Gasteiger partial charge in [0.2, 0.25) is 0 Å². The van der Waals surface area contributed by atoms with E-state index >= 15 is 0 Å². The lowest BCUT2D eigenvalue weighted by atomic mass is 9.74. The molecule has 2 rings (SSSR count). The number of methoxy groups -OCH3 is 1. The highest BCUT2D eigenvalue weighted by molar-refractivity contribution is 5.74. The molecule has 0 aromatic carbocycles. The molecular weight excluding hydrogens is 200 g/mol. The predicted molar refractivity (Wildman–Crippen MR) is 63.9 cm³/mol. The van der Waals surface area contributed by atoms with Gasteiger partial charge in [-0.3, -0.25) is 4.79 Å². The van der Waals surface area contributed by atoms with Crippen LogP contribution in [0.4, 0.5) is 0 Å². The molecule has 2 aliphatic carbocycles. The van der Waals surface area contributed by atoms with E-state index < -0.39 is 0 Å². The van der Waals surface area contributed by atoms with Gasteiger partial charge in [0.15, 0.2) is 0 Å². The van der Waals surface area contributed by atoms with Crippen molar-refractivity contribution in [2.75, 3.05) is 7.11 Å². The van der Waals surface area contributed by atoms with Gasteiger partial charge in [-0.1, -0.05) is 17.7 Å². The Morgan fingerprint density at radius 1 is 1.62 bits per heavy atom. The minimum absolute atomic E-state index is 0.0337. The molecule has 0 heterocycles. The largest absolute Gasteiger partial charge is 0.469 e. The fourth-order valence-corrected chi connectivity index (χ4v) is 3.19. The summed E-state index contributed by atoms with van der Waals surface area (Å²) in [4.78, 5) is 11.8. The molecule has 3 atom stereocenters. The molecule has 0 amide bonds. The van der Waals surface area contributed by atoms with Crippen molar-refractivity contribution in [1.29, 1.82) is 0 Å². The van der Waals surface area contributed by atoms with E-state index in [1.54, 1.807) is 0 Å². The maximum absolute atomic E-state index is 11.8. The first kappa shape index (κ1) is 11.4. The lowest BCUT2D eigenvalue weighted by molar-refractivity contribution is -0.148. The predicted octanol–water partition coefficient (Wildman–Crippen LogP) is 3.10. The Morgan fingerprint density at radius 3 is 2.94 bits per heavy atom. The second-order valence-corrected chi connectivity index (χ2v) is 5.33. The van der Waals surface area contributed by atoms with Crippen molar-refractivity contribution in [3.8, 4) is 0 Å². The normalized spacial score (nSPS) is 35.4. The van der Waals surface area contributed by atoms with E-state index in [0.717, 1.165) is 25.7 Å². The molecule has 0 spiro atoms. The summed E-state index contributed by atoms with van der Waals surface area (Å²) in [6, 6.07) is 0. The quantitative estimate of drug-likeness (QED) is 0.537. The van der Waals surface area contributed by atoms with E-state index in [9.17, 15) is 4.79 Å².